The van der Waals surface area contributed by atoms with Crippen LogP contribution in [0.25, 0.3) is 0 Å². The molecule has 5 heteroatoms. The Hall–Kier alpha value is -0.870. The largest absolute Gasteiger partial charge is 0.496 e. The Kier molecular flexibility index (Phi) is 5.61. The van der Waals surface area contributed by atoms with Gasteiger partial charge in [-0.05, 0) is 24.5 Å². The third-order valence-corrected chi connectivity index (χ3v) is 4.69. The van der Waals surface area contributed by atoms with E-state index in [1.165, 1.54) is 6.42 Å². The topological polar surface area (TPSA) is 33.6 Å². The number of amidine groups is 1. The Balaban J connectivity index is 1.91. The van der Waals surface area contributed by atoms with Crippen molar-refractivity contribution in [2.75, 3.05) is 13.7 Å². The Morgan fingerprint density at radius 2 is 2.30 bits per heavy atom. The minimum absolute atomic E-state index is 0.602. The Morgan fingerprint density at radius 1 is 1.50 bits per heavy atom. The average molecular weight is 313 g/mol. The number of ether oxygens (including phenoxy) is 1. The molecule has 0 aliphatic carbocycles. The van der Waals surface area contributed by atoms with Crippen molar-refractivity contribution in [3.8, 4) is 5.75 Å². The van der Waals surface area contributed by atoms with Crippen LogP contribution in [-0.2, 0) is 6.54 Å². The van der Waals surface area contributed by atoms with Gasteiger partial charge in [0.2, 0.25) is 0 Å². The van der Waals surface area contributed by atoms with E-state index in [0.717, 1.165) is 28.0 Å². The van der Waals surface area contributed by atoms with Gasteiger partial charge in [-0.1, -0.05) is 43.3 Å². The summed E-state index contributed by atoms with van der Waals surface area (Å²) >= 11 is 8.06. The number of methoxy groups -OCH3 is 1. The predicted octanol–water partition coefficient (Wildman–Crippen LogP) is 3.96. The highest BCUT2D eigenvalue weighted by atomic mass is 35.5. The molecule has 0 radical (unpaired) electrons. The van der Waals surface area contributed by atoms with Crippen LogP contribution in [0.15, 0.2) is 23.2 Å². The fourth-order valence-electron chi connectivity index (χ4n) is 2.23. The Labute approximate surface area is 130 Å². The van der Waals surface area contributed by atoms with Gasteiger partial charge in [-0.2, -0.15) is 0 Å². The molecule has 0 aromatic heterocycles. The molecule has 0 fully saturated rings. The summed E-state index contributed by atoms with van der Waals surface area (Å²) in [6.07, 6.45) is 1.20. The summed E-state index contributed by atoms with van der Waals surface area (Å²) in [7, 11) is 1.66. The van der Waals surface area contributed by atoms with Crippen LogP contribution >= 0.6 is 23.4 Å². The molecule has 2 rings (SSSR count). The molecule has 20 heavy (non-hydrogen) atoms. The lowest BCUT2D eigenvalue weighted by atomic mass is 10.1. The zero-order chi connectivity index (χ0) is 14.5. The van der Waals surface area contributed by atoms with Crippen LogP contribution in [0.5, 0.6) is 5.75 Å². The van der Waals surface area contributed by atoms with Crippen molar-refractivity contribution in [3.05, 3.63) is 28.8 Å². The number of rotatable bonds is 5. The molecule has 1 N–H and O–H groups in total. The molecule has 0 saturated heterocycles. The van der Waals surface area contributed by atoms with Gasteiger partial charge in [-0.3, -0.25) is 4.99 Å². The molecule has 1 heterocycles. The smallest absolute Gasteiger partial charge is 0.157 e. The second-order valence-electron chi connectivity index (χ2n) is 5.29. The molecule has 0 bridgehead atoms. The summed E-state index contributed by atoms with van der Waals surface area (Å²) in [5.41, 5.74) is 0.979. The van der Waals surface area contributed by atoms with E-state index in [1.807, 2.05) is 30.0 Å². The van der Waals surface area contributed by atoms with E-state index in [1.54, 1.807) is 7.11 Å². The highest BCUT2D eigenvalue weighted by molar-refractivity contribution is 8.14. The van der Waals surface area contributed by atoms with Crippen molar-refractivity contribution >= 4 is 28.5 Å². The SMILES string of the molecule is COc1cccc(Cl)c1CNC1=NCC(CC(C)C)S1. The van der Waals surface area contributed by atoms with Gasteiger partial charge >= 0.3 is 0 Å². The number of halogens is 1. The summed E-state index contributed by atoms with van der Waals surface area (Å²) in [6.45, 7) is 6.05. The Bertz CT molecular complexity index is 491. The fraction of sp³-hybridized carbons (Fsp3) is 0.533. The molecule has 0 saturated carbocycles. The van der Waals surface area contributed by atoms with E-state index >= 15 is 0 Å². The third kappa shape index (κ3) is 4.06. The molecule has 1 aliphatic heterocycles. The average Bonchev–Trinajstić information content (AvgIpc) is 2.83. The fourth-order valence-corrected chi connectivity index (χ4v) is 3.71. The number of aliphatic imine (C=N–C) groups is 1. The highest BCUT2D eigenvalue weighted by Crippen LogP contribution is 2.28. The molecule has 0 amide bonds. The maximum atomic E-state index is 6.22. The van der Waals surface area contributed by atoms with Gasteiger partial charge in [0.05, 0.1) is 13.7 Å². The molecular weight excluding hydrogens is 292 g/mol. The van der Waals surface area contributed by atoms with E-state index in [-0.39, 0.29) is 0 Å². The van der Waals surface area contributed by atoms with E-state index in [0.29, 0.717) is 17.7 Å². The molecule has 1 unspecified atom stereocenters. The molecule has 1 aliphatic rings. The monoisotopic (exact) mass is 312 g/mol. The normalized spacial score (nSPS) is 18.2. The zero-order valence-corrected chi connectivity index (χ0v) is 13.7. The minimum atomic E-state index is 0.602. The van der Waals surface area contributed by atoms with Crippen LogP contribution in [0, 0.1) is 5.92 Å². The van der Waals surface area contributed by atoms with E-state index in [9.17, 15) is 0 Å². The molecule has 1 aromatic rings. The van der Waals surface area contributed by atoms with Crippen LogP contribution in [-0.4, -0.2) is 24.1 Å². The van der Waals surface area contributed by atoms with E-state index in [2.05, 4.69) is 24.2 Å². The predicted molar refractivity (Wildman–Crippen MR) is 88.0 cm³/mol. The number of benzene rings is 1. The third-order valence-electron chi connectivity index (χ3n) is 3.16. The van der Waals surface area contributed by atoms with Crippen molar-refractivity contribution in [3.63, 3.8) is 0 Å². The highest BCUT2D eigenvalue weighted by Gasteiger charge is 2.20. The van der Waals surface area contributed by atoms with Crippen molar-refractivity contribution in [2.24, 2.45) is 10.9 Å². The summed E-state index contributed by atoms with van der Waals surface area (Å²) in [4.78, 5) is 4.56. The first-order chi connectivity index (χ1) is 9.60. The van der Waals surface area contributed by atoms with Gasteiger partial charge in [-0.25, -0.2) is 0 Å². The summed E-state index contributed by atoms with van der Waals surface area (Å²) in [5, 5.41) is 5.70. The van der Waals surface area contributed by atoms with Crippen LogP contribution in [0.3, 0.4) is 0 Å². The molecule has 1 atom stereocenters. The zero-order valence-electron chi connectivity index (χ0n) is 12.1. The van der Waals surface area contributed by atoms with Gasteiger partial charge < -0.3 is 10.1 Å². The first kappa shape index (κ1) is 15.5. The Morgan fingerprint density at radius 3 is 3.00 bits per heavy atom. The quantitative estimate of drug-likeness (QED) is 0.893. The van der Waals surface area contributed by atoms with Crippen molar-refractivity contribution in [2.45, 2.75) is 32.1 Å². The van der Waals surface area contributed by atoms with Gasteiger partial charge in [0, 0.05) is 22.4 Å². The summed E-state index contributed by atoms with van der Waals surface area (Å²) < 4.78 is 5.34. The van der Waals surface area contributed by atoms with Crippen molar-refractivity contribution in [1.82, 2.24) is 5.32 Å². The summed E-state index contributed by atoms with van der Waals surface area (Å²) in [5.74, 6) is 1.53. The van der Waals surface area contributed by atoms with Crippen LogP contribution in [0.2, 0.25) is 5.02 Å². The van der Waals surface area contributed by atoms with Crippen LogP contribution in [0.1, 0.15) is 25.8 Å². The second kappa shape index (κ2) is 7.23. The van der Waals surface area contributed by atoms with Crippen LogP contribution < -0.4 is 10.1 Å². The van der Waals surface area contributed by atoms with Crippen molar-refractivity contribution < 1.29 is 4.74 Å². The van der Waals surface area contributed by atoms with Gasteiger partial charge in [-0.15, -0.1) is 0 Å². The maximum absolute atomic E-state index is 6.22. The molecular formula is C15H21ClN2OS. The lowest BCUT2D eigenvalue weighted by molar-refractivity contribution is 0.409. The standard InChI is InChI=1S/C15H21ClN2OS/c1-10(2)7-11-8-17-15(20-11)18-9-12-13(16)5-4-6-14(12)19-3/h4-6,10-11H,7-9H2,1-3H3,(H,17,18). The first-order valence-electron chi connectivity index (χ1n) is 6.86. The summed E-state index contributed by atoms with van der Waals surface area (Å²) in [6, 6.07) is 5.70. The minimum Gasteiger partial charge on any atom is -0.496 e. The molecule has 1 aromatic carbocycles. The van der Waals surface area contributed by atoms with E-state index in [4.69, 9.17) is 16.3 Å². The van der Waals surface area contributed by atoms with E-state index < -0.39 is 0 Å². The number of hydrogen-bond acceptors (Lipinski definition) is 4. The molecule has 110 valence electrons. The first-order valence-corrected chi connectivity index (χ1v) is 8.12. The van der Waals surface area contributed by atoms with Crippen molar-refractivity contribution in [1.29, 1.82) is 0 Å². The molecule has 0 spiro atoms. The number of hydrogen-bond donors (Lipinski definition) is 1. The van der Waals surface area contributed by atoms with Crippen LogP contribution in [0.4, 0.5) is 0 Å². The lowest BCUT2D eigenvalue weighted by Crippen LogP contribution is -2.19. The van der Waals surface area contributed by atoms with Gasteiger partial charge in [0.15, 0.2) is 5.17 Å². The number of thioether (sulfide) groups is 1. The number of nitrogens with one attached hydrogen (secondary N) is 1. The van der Waals surface area contributed by atoms with Gasteiger partial charge in [0.25, 0.3) is 0 Å². The van der Waals surface area contributed by atoms with Gasteiger partial charge in [0.1, 0.15) is 5.75 Å². The second-order valence-corrected chi connectivity index (χ2v) is 6.99. The number of nitrogens with zero attached hydrogens (tertiary/aromatic N) is 1. The maximum Gasteiger partial charge on any atom is 0.157 e. The molecule has 3 nitrogen and oxygen atoms in total. The lowest BCUT2D eigenvalue weighted by Gasteiger charge is -2.13.